The van der Waals surface area contributed by atoms with Gasteiger partial charge in [0.1, 0.15) is 0 Å². The van der Waals surface area contributed by atoms with E-state index in [1.54, 1.807) is 18.0 Å². The third-order valence-corrected chi connectivity index (χ3v) is 5.18. The monoisotopic (exact) mass is 353 g/mol. The molecule has 0 aliphatic heterocycles. The van der Waals surface area contributed by atoms with Crippen molar-refractivity contribution in [1.29, 1.82) is 0 Å². The molecule has 25 heavy (non-hydrogen) atoms. The fourth-order valence-corrected chi connectivity index (χ4v) is 3.44. The van der Waals surface area contributed by atoms with Crippen molar-refractivity contribution in [3.63, 3.8) is 0 Å². The van der Waals surface area contributed by atoms with Crippen molar-refractivity contribution in [2.75, 3.05) is 6.26 Å². The molecule has 0 saturated heterocycles. The molecule has 1 fully saturated rings. The molecule has 1 aromatic carbocycles. The molecule has 6 heteroatoms. The van der Waals surface area contributed by atoms with Crippen LogP contribution in [0.15, 0.2) is 46.1 Å². The standard InChI is InChI=1S/C19H19N3O2S/c1-12-7-8-22(21-12)11-14-9-15(25-2)5-6-16(14)18(23)17-10-20-24-19(17)13-3-4-13/h5-10,13H,3-4,11H2,1-2H3. The van der Waals surface area contributed by atoms with Crippen LogP contribution in [-0.4, -0.2) is 27.0 Å². The number of hydrogen-bond acceptors (Lipinski definition) is 5. The summed E-state index contributed by atoms with van der Waals surface area (Å²) in [4.78, 5) is 14.3. The summed E-state index contributed by atoms with van der Waals surface area (Å²) in [6, 6.07) is 7.92. The number of carbonyl (C=O) groups is 1. The number of thioether (sulfide) groups is 1. The molecule has 0 unspecified atom stereocenters. The highest BCUT2D eigenvalue weighted by molar-refractivity contribution is 7.98. The average molecular weight is 353 g/mol. The topological polar surface area (TPSA) is 60.9 Å². The summed E-state index contributed by atoms with van der Waals surface area (Å²) in [6.07, 6.45) is 7.66. The van der Waals surface area contributed by atoms with E-state index in [1.807, 2.05) is 42.3 Å². The molecule has 4 rings (SSSR count). The molecule has 1 aliphatic rings. The van der Waals surface area contributed by atoms with E-state index < -0.39 is 0 Å². The average Bonchev–Trinajstić information content (AvgIpc) is 3.20. The molecule has 0 bridgehead atoms. The maximum absolute atomic E-state index is 13.1. The smallest absolute Gasteiger partial charge is 0.198 e. The zero-order valence-electron chi connectivity index (χ0n) is 14.2. The first kappa shape index (κ1) is 16.1. The molecular weight excluding hydrogens is 334 g/mol. The van der Waals surface area contributed by atoms with Crippen molar-refractivity contribution in [2.45, 2.75) is 37.1 Å². The van der Waals surface area contributed by atoms with E-state index in [9.17, 15) is 4.79 Å². The van der Waals surface area contributed by atoms with Crippen molar-refractivity contribution in [3.05, 3.63) is 64.8 Å². The number of benzene rings is 1. The highest BCUT2D eigenvalue weighted by Crippen LogP contribution is 2.42. The Labute approximate surface area is 150 Å². The van der Waals surface area contributed by atoms with Gasteiger partial charge >= 0.3 is 0 Å². The van der Waals surface area contributed by atoms with Crippen molar-refractivity contribution < 1.29 is 9.32 Å². The highest BCUT2D eigenvalue weighted by Gasteiger charge is 2.33. The van der Waals surface area contributed by atoms with E-state index in [-0.39, 0.29) is 5.78 Å². The maximum Gasteiger partial charge on any atom is 0.198 e. The molecule has 128 valence electrons. The van der Waals surface area contributed by atoms with Gasteiger partial charge in [0.2, 0.25) is 0 Å². The number of aromatic nitrogens is 3. The third kappa shape index (κ3) is 3.26. The Bertz CT molecular complexity index is 924. The van der Waals surface area contributed by atoms with Crippen LogP contribution in [0.4, 0.5) is 0 Å². The van der Waals surface area contributed by atoms with E-state index >= 15 is 0 Å². The van der Waals surface area contributed by atoms with Crippen molar-refractivity contribution in [1.82, 2.24) is 14.9 Å². The largest absolute Gasteiger partial charge is 0.360 e. The van der Waals surface area contributed by atoms with E-state index in [2.05, 4.69) is 16.3 Å². The van der Waals surface area contributed by atoms with E-state index in [0.717, 1.165) is 34.8 Å². The Hall–Kier alpha value is -2.34. The molecular formula is C19H19N3O2S. The van der Waals surface area contributed by atoms with Crippen LogP contribution in [0.2, 0.25) is 0 Å². The molecule has 0 radical (unpaired) electrons. The van der Waals surface area contributed by atoms with Crippen LogP contribution in [0.1, 0.15) is 51.7 Å². The molecule has 5 nitrogen and oxygen atoms in total. The molecule has 3 aromatic rings. The minimum absolute atomic E-state index is 0.0188. The van der Waals surface area contributed by atoms with Crippen molar-refractivity contribution >= 4 is 17.5 Å². The second-order valence-electron chi connectivity index (χ2n) is 6.38. The summed E-state index contributed by atoms with van der Waals surface area (Å²) in [6.45, 7) is 2.52. The number of aryl methyl sites for hydroxylation is 1. The number of nitrogens with zero attached hydrogens (tertiary/aromatic N) is 3. The number of rotatable bonds is 6. The van der Waals surface area contributed by atoms with Gasteiger partial charge in [-0.05, 0) is 55.9 Å². The lowest BCUT2D eigenvalue weighted by molar-refractivity contribution is 0.103. The van der Waals surface area contributed by atoms with Crippen LogP contribution in [-0.2, 0) is 6.54 Å². The molecule has 1 aliphatic carbocycles. The molecule has 2 aromatic heterocycles. The van der Waals surface area contributed by atoms with Gasteiger partial charge in [-0.3, -0.25) is 9.48 Å². The Morgan fingerprint density at radius 2 is 2.16 bits per heavy atom. The van der Waals surface area contributed by atoms with Crippen LogP contribution >= 0.6 is 11.8 Å². The second-order valence-corrected chi connectivity index (χ2v) is 7.26. The highest BCUT2D eigenvalue weighted by atomic mass is 32.2. The molecule has 0 atom stereocenters. The van der Waals surface area contributed by atoms with Crippen LogP contribution < -0.4 is 0 Å². The lowest BCUT2D eigenvalue weighted by atomic mass is 9.98. The summed E-state index contributed by atoms with van der Waals surface area (Å²) in [5.41, 5.74) is 3.21. The Kier molecular flexibility index (Phi) is 4.21. The number of carbonyl (C=O) groups excluding carboxylic acids is 1. The first-order valence-electron chi connectivity index (χ1n) is 8.32. The third-order valence-electron chi connectivity index (χ3n) is 4.45. The SMILES string of the molecule is CSc1ccc(C(=O)c2cnoc2C2CC2)c(Cn2ccc(C)n2)c1. The van der Waals surface area contributed by atoms with Crippen LogP contribution in [0.25, 0.3) is 0 Å². The van der Waals surface area contributed by atoms with Gasteiger partial charge in [0, 0.05) is 22.6 Å². The summed E-state index contributed by atoms with van der Waals surface area (Å²) in [5, 5.41) is 8.31. The molecule has 0 amide bonds. The van der Waals surface area contributed by atoms with Gasteiger partial charge < -0.3 is 4.52 Å². The Morgan fingerprint density at radius 3 is 2.84 bits per heavy atom. The maximum atomic E-state index is 13.1. The zero-order chi connectivity index (χ0) is 17.4. The summed E-state index contributed by atoms with van der Waals surface area (Å²) < 4.78 is 7.21. The molecule has 0 N–H and O–H groups in total. The first-order chi connectivity index (χ1) is 12.2. The van der Waals surface area contributed by atoms with E-state index in [1.165, 1.54) is 0 Å². The minimum atomic E-state index is -0.0188. The van der Waals surface area contributed by atoms with Gasteiger partial charge in [-0.1, -0.05) is 5.16 Å². The summed E-state index contributed by atoms with van der Waals surface area (Å²) in [7, 11) is 0. The lowest BCUT2D eigenvalue weighted by Gasteiger charge is -2.11. The van der Waals surface area contributed by atoms with Crippen LogP contribution in [0.5, 0.6) is 0 Å². The normalized spacial score (nSPS) is 14.0. The second kappa shape index (κ2) is 6.52. The van der Waals surface area contributed by atoms with Gasteiger partial charge in [-0.15, -0.1) is 11.8 Å². The van der Waals surface area contributed by atoms with Gasteiger partial charge in [-0.2, -0.15) is 5.10 Å². The summed E-state index contributed by atoms with van der Waals surface area (Å²) >= 11 is 1.66. The predicted molar refractivity (Wildman–Crippen MR) is 96.2 cm³/mol. The molecule has 0 spiro atoms. The first-order valence-corrected chi connectivity index (χ1v) is 9.54. The quantitative estimate of drug-likeness (QED) is 0.494. The minimum Gasteiger partial charge on any atom is -0.360 e. The number of ketones is 1. The van der Waals surface area contributed by atoms with Crippen LogP contribution in [0.3, 0.4) is 0 Å². The fraction of sp³-hybridized carbons (Fsp3) is 0.316. The van der Waals surface area contributed by atoms with Gasteiger partial charge in [0.25, 0.3) is 0 Å². The Balaban J connectivity index is 1.72. The van der Waals surface area contributed by atoms with Gasteiger partial charge in [0.15, 0.2) is 11.5 Å². The Morgan fingerprint density at radius 1 is 1.32 bits per heavy atom. The number of hydrogen-bond donors (Lipinski definition) is 0. The van der Waals surface area contributed by atoms with Crippen molar-refractivity contribution in [2.24, 2.45) is 0 Å². The fourth-order valence-electron chi connectivity index (χ4n) is 2.98. The van der Waals surface area contributed by atoms with Gasteiger partial charge in [0.05, 0.1) is 24.0 Å². The molecule has 2 heterocycles. The predicted octanol–water partition coefficient (Wildman–Crippen LogP) is 4.06. The van der Waals surface area contributed by atoms with E-state index in [0.29, 0.717) is 23.6 Å². The van der Waals surface area contributed by atoms with Crippen molar-refractivity contribution in [3.8, 4) is 0 Å². The molecule has 1 saturated carbocycles. The summed E-state index contributed by atoms with van der Waals surface area (Å²) in [5.74, 6) is 1.07. The lowest BCUT2D eigenvalue weighted by Crippen LogP contribution is -2.10. The zero-order valence-corrected chi connectivity index (χ0v) is 15.0. The van der Waals surface area contributed by atoms with Gasteiger partial charge in [-0.25, -0.2) is 0 Å². The van der Waals surface area contributed by atoms with E-state index in [4.69, 9.17) is 4.52 Å². The van der Waals surface area contributed by atoms with Crippen LogP contribution in [0, 0.1) is 6.92 Å².